The van der Waals surface area contributed by atoms with Crippen LogP contribution >= 0.6 is 0 Å². The monoisotopic (exact) mass is 277 g/mol. The average molecular weight is 277 g/mol. The molecular weight excluding hydrogens is 254 g/mol. The number of aryl methyl sites for hydroxylation is 1. The molecule has 1 aliphatic rings. The first kappa shape index (κ1) is 14.9. The lowest BCUT2D eigenvalue weighted by molar-refractivity contribution is 0.0600. The van der Waals surface area contributed by atoms with Crippen molar-refractivity contribution in [2.75, 3.05) is 19.5 Å². The number of hydrogen-bond acceptors (Lipinski definition) is 4. The van der Waals surface area contributed by atoms with E-state index >= 15 is 0 Å². The first-order valence-corrected chi connectivity index (χ1v) is 7.12. The van der Waals surface area contributed by atoms with Gasteiger partial charge in [0.05, 0.1) is 18.8 Å². The van der Waals surface area contributed by atoms with Gasteiger partial charge in [0.2, 0.25) is 0 Å². The molecule has 1 aliphatic carbocycles. The molecule has 1 N–H and O–H groups in total. The number of rotatable bonds is 4. The first-order chi connectivity index (χ1) is 9.63. The largest absolute Gasteiger partial charge is 0.465 e. The van der Waals surface area contributed by atoms with Crippen molar-refractivity contribution in [2.24, 2.45) is 0 Å². The fourth-order valence-corrected chi connectivity index (χ4v) is 2.73. The van der Waals surface area contributed by atoms with Crippen molar-refractivity contribution in [1.29, 1.82) is 0 Å². The Morgan fingerprint density at radius 2 is 2.10 bits per heavy atom. The Bertz CT molecular complexity index is 473. The van der Waals surface area contributed by atoms with Gasteiger partial charge in [0.15, 0.2) is 0 Å². The fourth-order valence-electron chi connectivity index (χ4n) is 2.73. The third kappa shape index (κ3) is 3.51. The molecule has 1 aromatic carbocycles. The summed E-state index contributed by atoms with van der Waals surface area (Å²) >= 11 is 0. The number of carbonyl (C=O) groups excluding carboxylic acids is 1. The standard InChI is InChI=1S/C16H23NO3/c1-11-7-8-12(16(18)20-3)9-15(11)17-13-5-4-6-14(10-13)19-2/h7-9,13-14,17H,4-6,10H2,1-3H3. The Morgan fingerprint density at radius 3 is 2.80 bits per heavy atom. The summed E-state index contributed by atoms with van der Waals surface area (Å²) in [7, 11) is 3.18. The van der Waals surface area contributed by atoms with Gasteiger partial charge < -0.3 is 14.8 Å². The molecular formula is C16H23NO3. The molecule has 0 heterocycles. The lowest BCUT2D eigenvalue weighted by Gasteiger charge is -2.30. The molecule has 2 unspecified atom stereocenters. The van der Waals surface area contributed by atoms with Crippen LogP contribution in [-0.4, -0.2) is 32.3 Å². The predicted octanol–water partition coefficient (Wildman–Crippen LogP) is 3.15. The third-order valence-electron chi connectivity index (χ3n) is 3.98. The molecule has 110 valence electrons. The number of benzene rings is 1. The molecule has 2 rings (SSSR count). The number of hydrogen-bond donors (Lipinski definition) is 1. The van der Waals surface area contributed by atoms with Crippen LogP contribution in [-0.2, 0) is 9.47 Å². The van der Waals surface area contributed by atoms with E-state index in [1.165, 1.54) is 13.5 Å². The molecule has 4 nitrogen and oxygen atoms in total. The van der Waals surface area contributed by atoms with Gasteiger partial charge in [-0.3, -0.25) is 0 Å². The van der Waals surface area contributed by atoms with Gasteiger partial charge in [0, 0.05) is 18.8 Å². The lowest BCUT2D eigenvalue weighted by atomic mass is 9.92. The van der Waals surface area contributed by atoms with Crippen molar-refractivity contribution < 1.29 is 14.3 Å². The summed E-state index contributed by atoms with van der Waals surface area (Å²) in [5.41, 5.74) is 2.73. The minimum Gasteiger partial charge on any atom is -0.465 e. The molecule has 1 aromatic rings. The summed E-state index contributed by atoms with van der Waals surface area (Å²) < 4.78 is 10.2. The van der Waals surface area contributed by atoms with Crippen molar-refractivity contribution in [1.82, 2.24) is 0 Å². The molecule has 20 heavy (non-hydrogen) atoms. The van der Waals surface area contributed by atoms with Crippen LogP contribution in [0, 0.1) is 6.92 Å². The fraction of sp³-hybridized carbons (Fsp3) is 0.562. The quantitative estimate of drug-likeness (QED) is 0.859. The Hall–Kier alpha value is -1.55. The highest BCUT2D eigenvalue weighted by atomic mass is 16.5. The molecule has 0 bridgehead atoms. The van der Waals surface area contributed by atoms with Crippen LogP contribution in [0.1, 0.15) is 41.6 Å². The third-order valence-corrected chi connectivity index (χ3v) is 3.98. The number of anilines is 1. The van der Waals surface area contributed by atoms with Gasteiger partial charge in [-0.05, 0) is 50.3 Å². The van der Waals surface area contributed by atoms with Gasteiger partial charge in [-0.2, -0.15) is 0 Å². The van der Waals surface area contributed by atoms with E-state index in [-0.39, 0.29) is 5.97 Å². The first-order valence-electron chi connectivity index (χ1n) is 7.12. The van der Waals surface area contributed by atoms with Crippen LogP contribution in [0.15, 0.2) is 18.2 Å². The molecule has 2 atom stereocenters. The van der Waals surface area contributed by atoms with E-state index in [0.717, 1.165) is 30.5 Å². The topological polar surface area (TPSA) is 47.6 Å². The molecule has 1 saturated carbocycles. The second-order valence-electron chi connectivity index (χ2n) is 5.39. The maximum Gasteiger partial charge on any atom is 0.337 e. The number of nitrogens with one attached hydrogen (secondary N) is 1. The van der Waals surface area contributed by atoms with Crippen molar-refractivity contribution >= 4 is 11.7 Å². The zero-order valence-electron chi connectivity index (χ0n) is 12.4. The van der Waals surface area contributed by atoms with Crippen LogP contribution < -0.4 is 5.32 Å². The van der Waals surface area contributed by atoms with Crippen LogP contribution in [0.3, 0.4) is 0 Å². The second kappa shape index (κ2) is 6.75. The van der Waals surface area contributed by atoms with Crippen LogP contribution in [0.4, 0.5) is 5.69 Å². The van der Waals surface area contributed by atoms with Gasteiger partial charge in [-0.15, -0.1) is 0 Å². The Labute approximate surface area is 120 Å². The van der Waals surface area contributed by atoms with Gasteiger partial charge in [0.1, 0.15) is 0 Å². The number of methoxy groups -OCH3 is 2. The summed E-state index contributed by atoms with van der Waals surface area (Å²) in [6.45, 7) is 2.04. The predicted molar refractivity (Wildman–Crippen MR) is 79.2 cm³/mol. The van der Waals surface area contributed by atoms with Crippen LogP contribution in [0.25, 0.3) is 0 Å². The molecule has 0 amide bonds. The maximum atomic E-state index is 11.6. The zero-order valence-corrected chi connectivity index (χ0v) is 12.4. The van der Waals surface area contributed by atoms with Crippen molar-refractivity contribution in [2.45, 2.75) is 44.8 Å². The molecule has 0 aromatic heterocycles. The van der Waals surface area contributed by atoms with Crippen LogP contribution in [0.2, 0.25) is 0 Å². The minimum absolute atomic E-state index is 0.300. The Balaban J connectivity index is 2.10. The number of carbonyl (C=O) groups is 1. The van der Waals surface area contributed by atoms with E-state index in [1.807, 2.05) is 19.1 Å². The lowest BCUT2D eigenvalue weighted by Crippen LogP contribution is -2.31. The van der Waals surface area contributed by atoms with Crippen LogP contribution in [0.5, 0.6) is 0 Å². The Morgan fingerprint density at radius 1 is 1.30 bits per heavy atom. The van der Waals surface area contributed by atoms with Crippen molar-refractivity contribution in [3.63, 3.8) is 0 Å². The van der Waals surface area contributed by atoms with Crippen molar-refractivity contribution in [3.05, 3.63) is 29.3 Å². The van der Waals surface area contributed by atoms with E-state index in [4.69, 9.17) is 9.47 Å². The molecule has 0 aliphatic heterocycles. The maximum absolute atomic E-state index is 11.6. The SMILES string of the molecule is COC(=O)c1ccc(C)c(NC2CCCC(OC)C2)c1. The highest BCUT2D eigenvalue weighted by molar-refractivity contribution is 5.90. The molecule has 0 radical (unpaired) electrons. The van der Waals surface area contributed by atoms with E-state index in [0.29, 0.717) is 17.7 Å². The second-order valence-corrected chi connectivity index (χ2v) is 5.39. The summed E-state index contributed by atoms with van der Waals surface area (Å²) in [5, 5.41) is 3.55. The smallest absolute Gasteiger partial charge is 0.337 e. The number of esters is 1. The van der Waals surface area contributed by atoms with E-state index in [9.17, 15) is 4.79 Å². The summed E-state index contributed by atoms with van der Waals surface area (Å²) in [6.07, 6.45) is 4.80. The van der Waals surface area contributed by atoms with Gasteiger partial charge >= 0.3 is 5.97 Å². The van der Waals surface area contributed by atoms with Gasteiger partial charge in [-0.1, -0.05) is 6.07 Å². The molecule has 4 heteroatoms. The van der Waals surface area contributed by atoms with Gasteiger partial charge in [-0.25, -0.2) is 4.79 Å². The molecule has 1 fully saturated rings. The summed E-state index contributed by atoms with van der Waals surface area (Å²) in [5.74, 6) is -0.300. The highest BCUT2D eigenvalue weighted by Gasteiger charge is 2.22. The van der Waals surface area contributed by atoms with E-state index in [1.54, 1.807) is 13.2 Å². The summed E-state index contributed by atoms with van der Waals surface area (Å²) in [4.78, 5) is 11.6. The normalized spacial score (nSPS) is 22.4. The van der Waals surface area contributed by atoms with Gasteiger partial charge in [0.25, 0.3) is 0 Å². The zero-order chi connectivity index (χ0) is 14.5. The average Bonchev–Trinajstić information content (AvgIpc) is 2.49. The number of ether oxygens (including phenoxy) is 2. The molecule has 0 spiro atoms. The molecule has 0 saturated heterocycles. The van der Waals surface area contributed by atoms with E-state index in [2.05, 4.69) is 5.32 Å². The summed E-state index contributed by atoms with van der Waals surface area (Å²) in [6, 6.07) is 6.02. The van der Waals surface area contributed by atoms with Crippen molar-refractivity contribution in [3.8, 4) is 0 Å². The Kier molecular flexibility index (Phi) is 5.01. The minimum atomic E-state index is -0.300. The highest BCUT2D eigenvalue weighted by Crippen LogP contribution is 2.26. The van der Waals surface area contributed by atoms with E-state index < -0.39 is 0 Å².